The van der Waals surface area contributed by atoms with Crippen LogP contribution in [0.25, 0.3) is 0 Å². The molecule has 1 heterocycles. The van der Waals surface area contributed by atoms with E-state index in [9.17, 15) is 0 Å². The molecule has 0 spiro atoms. The Kier molecular flexibility index (Phi) is 6.57. The van der Waals surface area contributed by atoms with Gasteiger partial charge in [-0.25, -0.2) is 4.98 Å². The van der Waals surface area contributed by atoms with E-state index in [4.69, 9.17) is 0 Å². The van der Waals surface area contributed by atoms with Gasteiger partial charge in [-0.3, -0.25) is 0 Å². The van der Waals surface area contributed by atoms with Crippen molar-refractivity contribution in [2.45, 2.75) is 40.2 Å². The van der Waals surface area contributed by atoms with E-state index >= 15 is 0 Å². The Hall–Kier alpha value is -1.35. The van der Waals surface area contributed by atoms with E-state index in [0.29, 0.717) is 6.04 Å². The third-order valence-electron chi connectivity index (χ3n) is 3.14. The molecular formula is C16H27N3. The molecule has 3 heteroatoms. The second-order valence-electron chi connectivity index (χ2n) is 5.10. The second kappa shape index (κ2) is 7.95. The second-order valence-corrected chi connectivity index (χ2v) is 5.10. The monoisotopic (exact) mass is 261 g/mol. The van der Waals surface area contributed by atoms with Crippen LogP contribution in [0.2, 0.25) is 0 Å². The van der Waals surface area contributed by atoms with E-state index < -0.39 is 0 Å². The third kappa shape index (κ3) is 5.03. The first-order chi connectivity index (χ1) is 9.08. The highest BCUT2D eigenvalue weighted by Gasteiger charge is 2.08. The van der Waals surface area contributed by atoms with Crippen LogP contribution in [0.5, 0.6) is 0 Å². The Morgan fingerprint density at radius 2 is 2.16 bits per heavy atom. The van der Waals surface area contributed by atoms with Gasteiger partial charge in [-0.1, -0.05) is 25.1 Å². The van der Waals surface area contributed by atoms with Gasteiger partial charge in [-0.05, 0) is 45.4 Å². The fourth-order valence-electron chi connectivity index (χ4n) is 2.00. The van der Waals surface area contributed by atoms with Crippen LogP contribution in [-0.4, -0.2) is 24.6 Å². The van der Waals surface area contributed by atoms with Gasteiger partial charge in [-0.2, -0.15) is 0 Å². The normalized spacial score (nSPS) is 12.2. The van der Waals surface area contributed by atoms with Crippen LogP contribution in [0.15, 0.2) is 30.5 Å². The fraction of sp³-hybridized carbons (Fsp3) is 0.562. The lowest BCUT2D eigenvalue weighted by Gasteiger charge is -2.22. The summed E-state index contributed by atoms with van der Waals surface area (Å²) < 4.78 is 0. The van der Waals surface area contributed by atoms with Crippen molar-refractivity contribution in [2.75, 3.05) is 24.5 Å². The Morgan fingerprint density at radius 3 is 2.63 bits per heavy atom. The Bertz CT molecular complexity index is 383. The van der Waals surface area contributed by atoms with Crippen LogP contribution in [-0.2, 0) is 0 Å². The zero-order valence-corrected chi connectivity index (χ0v) is 12.7. The molecule has 0 aliphatic rings. The number of pyridine rings is 1. The molecule has 0 saturated carbocycles. The lowest BCUT2D eigenvalue weighted by molar-refractivity contribution is 0.569. The highest BCUT2D eigenvalue weighted by molar-refractivity contribution is 5.41. The molecule has 0 radical (unpaired) electrons. The van der Waals surface area contributed by atoms with Crippen LogP contribution in [0.4, 0.5) is 5.82 Å². The van der Waals surface area contributed by atoms with Gasteiger partial charge in [0.25, 0.3) is 0 Å². The highest BCUT2D eigenvalue weighted by atomic mass is 15.2. The summed E-state index contributed by atoms with van der Waals surface area (Å²) in [5.74, 6) is 1.02. The molecule has 0 aliphatic carbocycles. The lowest BCUT2D eigenvalue weighted by atomic mass is 10.1. The number of hydrogen-bond acceptors (Lipinski definition) is 3. The average Bonchev–Trinajstić information content (AvgIpc) is 2.42. The zero-order chi connectivity index (χ0) is 14.3. The topological polar surface area (TPSA) is 28.2 Å². The molecule has 0 saturated heterocycles. The molecule has 19 heavy (non-hydrogen) atoms. The van der Waals surface area contributed by atoms with E-state index in [-0.39, 0.29) is 0 Å². The molecule has 0 aliphatic heterocycles. The van der Waals surface area contributed by atoms with Crippen molar-refractivity contribution in [2.24, 2.45) is 0 Å². The van der Waals surface area contributed by atoms with E-state index in [1.54, 1.807) is 0 Å². The highest BCUT2D eigenvalue weighted by Crippen LogP contribution is 2.16. The summed E-state index contributed by atoms with van der Waals surface area (Å²) in [6, 6.07) is 4.63. The molecule has 1 rings (SSSR count). The number of anilines is 1. The van der Waals surface area contributed by atoms with Gasteiger partial charge >= 0.3 is 0 Å². The van der Waals surface area contributed by atoms with Gasteiger partial charge in [0.2, 0.25) is 0 Å². The minimum atomic E-state index is 0.359. The predicted octanol–water partition coefficient (Wildman–Crippen LogP) is 3.54. The molecule has 106 valence electrons. The average molecular weight is 261 g/mol. The molecule has 0 amide bonds. The van der Waals surface area contributed by atoms with Crippen molar-refractivity contribution in [3.05, 3.63) is 36.0 Å². The van der Waals surface area contributed by atoms with Gasteiger partial charge in [0.05, 0.1) is 0 Å². The minimum absolute atomic E-state index is 0.359. The van der Waals surface area contributed by atoms with Gasteiger partial charge in [0.15, 0.2) is 0 Å². The summed E-state index contributed by atoms with van der Waals surface area (Å²) in [5.41, 5.74) is 2.40. The van der Waals surface area contributed by atoms with E-state index in [0.717, 1.165) is 37.4 Å². The zero-order valence-electron chi connectivity index (χ0n) is 12.7. The van der Waals surface area contributed by atoms with Crippen molar-refractivity contribution in [3.63, 3.8) is 0 Å². The van der Waals surface area contributed by atoms with Crippen LogP contribution >= 0.6 is 0 Å². The molecule has 1 atom stereocenters. The van der Waals surface area contributed by atoms with Crippen LogP contribution in [0.3, 0.4) is 0 Å². The van der Waals surface area contributed by atoms with Crippen LogP contribution in [0, 0.1) is 0 Å². The maximum absolute atomic E-state index is 4.58. The van der Waals surface area contributed by atoms with Gasteiger partial charge in [0, 0.05) is 25.3 Å². The number of likely N-dealkylation sites (N-methyl/N-ethyl adjacent to an activating group) is 1. The first kappa shape index (κ1) is 15.7. The molecule has 1 N–H and O–H groups in total. The molecule has 1 unspecified atom stereocenters. The number of hydrogen-bond donors (Lipinski definition) is 1. The van der Waals surface area contributed by atoms with Gasteiger partial charge in [0.1, 0.15) is 5.82 Å². The predicted molar refractivity (Wildman–Crippen MR) is 83.6 cm³/mol. The summed E-state index contributed by atoms with van der Waals surface area (Å²) in [7, 11) is 0. The number of nitrogens with one attached hydrogen (secondary N) is 1. The van der Waals surface area contributed by atoms with E-state index in [2.05, 4.69) is 54.7 Å². The molecule has 1 aromatic rings. The smallest absolute Gasteiger partial charge is 0.128 e. The molecule has 1 aromatic heterocycles. The standard InChI is InChI=1S/C16H27N3/c1-6-10-17-14(5)15-8-9-16(18-11-15)19(7-2)12-13(3)4/h8-9,11,14,17H,3,6-7,10,12H2,1-2,4-5H3. The van der Waals surface area contributed by atoms with Crippen molar-refractivity contribution in [3.8, 4) is 0 Å². The van der Waals surface area contributed by atoms with Crippen molar-refractivity contribution in [1.29, 1.82) is 0 Å². The molecule has 3 nitrogen and oxygen atoms in total. The molecule has 0 fully saturated rings. The van der Waals surface area contributed by atoms with Crippen molar-refractivity contribution >= 4 is 5.82 Å². The SMILES string of the molecule is C=C(C)CN(CC)c1ccc(C(C)NCCC)cn1. The number of nitrogens with zero attached hydrogens (tertiary/aromatic N) is 2. The van der Waals surface area contributed by atoms with Gasteiger partial charge in [-0.15, -0.1) is 0 Å². The first-order valence-electron chi connectivity index (χ1n) is 7.17. The summed E-state index contributed by atoms with van der Waals surface area (Å²) in [6.45, 7) is 15.4. The third-order valence-corrected chi connectivity index (χ3v) is 3.14. The number of aromatic nitrogens is 1. The maximum atomic E-state index is 4.58. The summed E-state index contributed by atoms with van der Waals surface area (Å²) >= 11 is 0. The summed E-state index contributed by atoms with van der Waals surface area (Å²) in [5, 5.41) is 3.48. The number of rotatable bonds is 8. The summed E-state index contributed by atoms with van der Waals surface area (Å²) in [6.07, 6.45) is 3.13. The van der Waals surface area contributed by atoms with Gasteiger partial charge < -0.3 is 10.2 Å². The maximum Gasteiger partial charge on any atom is 0.128 e. The van der Waals surface area contributed by atoms with E-state index in [1.165, 1.54) is 5.56 Å². The van der Waals surface area contributed by atoms with Crippen molar-refractivity contribution in [1.82, 2.24) is 10.3 Å². The molecular weight excluding hydrogens is 234 g/mol. The quantitative estimate of drug-likeness (QED) is 0.725. The Morgan fingerprint density at radius 1 is 1.42 bits per heavy atom. The van der Waals surface area contributed by atoms with Crippen LogP contribution < -0.4 is 10.2 Å². The van der Waals surface area contributed by atoms with E-state index in [1.807, 2.05) is 13.1 Å². The van der Waals surface area contributed by atoms with Crippen molar-refractivity contribution < 1.29 is 0 Å². The lowest BCUT2D eigenvalue weighted by Crippen LogP contribution is -2.25. The molecule has 0 bridgehead atoms. The Balaban J connectivity index is 2.71. The van der Waals surface area contributed by atoms with Crippen LogP contribution in [0.1, 0.15) is 45.7 Å². The minimum Gasteiger partial charge on any atom is -0.353 e. The first-order valence-corrected chi connectivity index (χ1v) is 7.17. The molecule has 0 aromatic carbocycles. The fourth-order valence-corrected chi connectivity index (χ4v) is 2.00. The largest absolute Gasteiger partial charge is 0.353 e. The summed E-state index contributed by atoms with van der Waals surface area (Å²) in [4.78, 5) is 6.81. The Labute approximate surface area is 117 Å².